The zero-order valence-corrected chi connectivity index (χ0v) is 12.5. The van der Waals surface area contributed by atoms with Crippen LogP contribution < -0.4 is 4.90 Å². The first kappa shape index (κ1) is 14.8. The lowest BCUT2D eigenvalue weighted by atomic mass is 9.79. The van der Waals surface area contributed by atoms with Gasteiger partial charge in [0.15, 0.2) is 0 Å². The van der Waals surface area contributed by atoms with Gasteiger partial charge in [-0.25, -0.2) is 9.18 Å². The van der Waals surface area contributed by atoms with Crippen molar-refractivity contribution in [1.82, 2.24) is 0 Å². The highest BCUT2D eigenvalue weighted by Gasteiger charge is 2.41. The maximum Gasteiger partial charge on any atom is 0.326 e. The highest BCUT2D eigenvalue weighted by molar-refractivity contribution is 5.80. The van der Waals surface area contributed by atoms with Crippen molar-refractivity contribution in [2.45, 2.75) is 58.0 Å². The molecule has 0 fully saturated rings. The SMILES string of the molecule is CC[C@H](C(=O)O)N1c2ccc(F)cc2[C@H](C)CC1(C)C. The highest BCUT2D eigenvalue weighted by atomic mass is 19.1. The maximum absolute atomic E-state index is 13.5. The molecule has 1 aliphatic heterocycles. The molecule has 20 heavy (non-hydrogen) atoms. The van der Waals surface area contributed by atoms with Gasteiger partial charge in [-0.3, -0.25) is 0 Å². The molecule has 0 saturated heterocycles. The van der Waals surface area contributed by atoms with Crippen molar-refractivity contribution < 1.29 is 14.3 Å². The van der Waals surface area contributed by atoms with E-state index in [0.717, 1.165) is 17.7 Å². The van der Waals surface area contributed by atoms with Crippen LogP contribution in [-0.2, 0) is 4.79 Å². The number of halogens is 1. The van der Waals surface area contributed by atoms with E-state index in [1.165, 1.54) is 12.1 Å². The molecular weight excluding hydrogens is 257 g/mol. The summed E-state index contributed by atoms with van der Waals surface area (Å²) in [7, 11) is 0. The van der Waals surface area contributed by atoms with E-state index in [-0.39, 0.29) is 17.3 Å². The summed E-state index contributed by atoms with van der Waals surface area (Å²) in [5.74, 6) is -0.873. The molecule has 0 unspecified atom stereocenters. The molecule has 0 amide bonds. The lowest BCUT2D eigenvalue weighted by molar-refractivity contribution is -0.139. The summed E-state index contributed by atoms with van der Waals surface area (Å²) in [4.78, 5) is 13.5. The lowest BCUT2D eigenvalue weighted by Gasteiger charge is -2.50. The van der Waals surface area contributed by atoms with Crippen molar-refractivity contribution in [3.05, 3.63) is 29.6 Å². The maximum atomic E-state index is 13.5. The van der Waals surface area contributed by atoms with E-state index in [0.29, 0.717) is 6.42 Å². The van der Waals surface area contributed by atoms with Gasteiger partial charge in [0.25, 0.3) is 0 Å². The predicted octanol–water partition coefficient (Wildman–Crippen LogP) is 3.78. The van der Waals surface area contributed by atoms with Crippen molar-refractivity contribution in [1.29, 1.82) is 0 Å². The number of carboxylic acid groups (broad SMARTS) is 1. The van der Waals surface area contributed by atoms with E-state index in [4.69, 9.17) is 0 Å². The fourth-order valence-electron chi connectivity index (χ4n) is 3.48. The molecule has 0 saturated carbocycles. The number of carbonyl (C=O) groups is 1. The summed E-state index contributed by atoms with van der Waals surface area (Å²) >= 11 is 0. The number of hydrogen-bond acceptors (Lipinski definition) is 2. The van der Waals surface area contributed by atoms with Gasteiger partial charge in [-0.15, -0.1) is 0 Å². The van der Waals surface area contributed by atoms with E-state index >= 15 is 0 Å². The van der Waals surface area contributed by atoms with Gasteiger partial charge in [0.05, 0.1) is 0 Å². The molecule has 2 atom stereocenters. The normalized spacial score (nSPS) is 22.2. The average Bonchev–Trinajstić information content (AvgIpc) is 2.33. The second kappa shape index (κ2) is 5.08. The second-order valence-corrected chi connectivity index (χ2v) is 6.25. The Hall–Kier alpha value is -1.58. The van der Waals surface area contributed by atoms with Gasteiger partial charge in [-0.2, -0.15) is 0 Å². The summed E-state index contributed by atoms with van der Waals surface area (Å²) in [6.07, 6.45) is 1.33. The molecule has 0 radical (unpaired) electrons. The van der Waals surface area contributed by atoms with E-state index < -0.39 is 12.0 Å². The van der Waals surface area contributed by atoms with Crippen LogP contribution in [0.5, 0.6) is 0 Å². The van der Waals surface area contributed by atoms with Gasteiger partial charge < -0.3 is 10.0 Å². The first-order valence-electron chi connectivity index (χ1n) is 7.09. The third-order valence-corrected chi connectivity index (χ3v) is 4.22. The number of carboxylic acids is 1. The number of benzene rings is 1. The molecule has 0 aliphatic carbocycles. The lowest BCUT2D eigenvalue weighted by Crippen LogP contribution is -2.56. The van der Waals surface area contributed by atoms with Crippen LogP contribution in [0.2, 0.25) is 0 Å². The van der Waals surface area contributed by atoms with Crippen molar-refractivity contribution in [2.75, 3.05) is 4.90 Å². The Kier molecular flexibility index (Phi) is 3.76. The summed E-state index contributed by atoms with van der Waals surface area (Å²) < 4.78 is 13.5. The Morgan fingerprint density at radius 2 is 2.20 bits per heavy atom. The molecule has 0 bridgehead atoms. The van der Waals surface area contributed by atoms with E-state index in [2.05, 4.69) is 20.8 Å². The Labute approximate surface area is 119 Å². The van der Waals surface area contributed by atoms with Crippen LogP contribution in [0.3, 0.4) is 0 Å². The fourth-order valence-corrected chi connectivity index (χ4v) is 3.48. The van der Waals surface area contributed by atoms with Gasteiger partial charge in [0.1, 0.15) is 11.9 Å². The molecule has 1 aromatic carbocycles. The van der Waals surface area contributed by atoms with Gasteiger partial charge in [-0.1, -0.05) is 13.8 Å². The van der Waals surface area contributed by atoms with Gasteiger partial charge in [0.2, 0.25) is 0 Å². The smallest absolute Gasteiger partial charge is 0.326 e. The van der Waals surface area contributed by atoms with Crippen LogP contribution in [0.25, 0.3) is 0 Å². The highest BCUT2D eigenvalue weighted by Crippen LogP contribution is 2.44. The van der Waals surface area contributed by atoms with Crippen LogP contribution >= 0.6 is 0 Å². The third kappa shape index (κ3) is 2.39. The molecule has 3 nitrogen and oxygen atoms in total. The summed E-state index contributed by atoms with van der Waals surface area (Å²) in [6, 6.07) is 4.08. The van der Waals surface area contributed by atoms with Crippen molar-refractivity contribution in [3.8, 4) is 0 Å². The van der Waals surface area contributed by atoms with E-state index in [1.807, 2.05) is 11.8 Å². The Bertz CT molecular complexity index is 527. The zero-order chi connectivity index (χ0) is 15.1. The molecule has 1 aliphatic rings. The molecule has 4 heteroatoms. The molecule has 1 heterocycles. The second-order valence-electron chi connectivity index (χ2n) is 6.25. The molecule has 2 rings (SSSR count). The minimum atomic E-state index is -0.828. The van der Waals surface area contributed by atoms with Crippen LogP contribution in [0, 0.1) is 5.82 Å². The molecule has 0 spiro atoms. The average molecular weight is 279 g/mol. The summed E-state index contributed by atoms with van der Waals surface area (Å²) in [6.45, 7) is 8.05. The number of anilines is 1. The number of rotatable bonds is 3. The first-order chi connectivity index (χ1) is 9.27. The number of nitrogens with zero attached hydrogens (tertiary/aromatic N) is 1. The van der Waals surface area contributed by atoms with Gasteiger partial charge >= 0.3 is 5.97 Å². The Balaban J connectivity index is 2.59. The predicted molar refractivity (Wildman–Crippen MR) is 77.7 cm³/mol. The van der Waals surface area contributed by atoms with Crippen LogP contribution in [0.4, 0.5) is 10.1 Å². The standard InChI is InChI=1S/C16H22FNO2/c1-5-13(15(19)20)18-14-7-6-11(17)8-12(14)10(2)9-16(18,3)4/h6-8,10,13H,5,9H2,1-4H3,(H,19,20)/t10-,13-/m1/s1. The summed E-state index contributed by atoms with van der Waals surface area (Å²) in [5, 5.41) is 9.49. The minimum absolute atomic E-state index is 0.221. The van der Waals surface area contributed by atoms with Gasteiger partial charge in [0, 0.05) is 11.2 Å². The Morgan fingerprint density at radius 1 is 1.55 bits per heavy atom. The largest absolute Gasteiger partial charge is 0.480 e. The van der Waals surface area contributed by atoms with E-state index in [1.54, 1.807) is 6.07 Å². The van der Waals surface area contributed by atoms with E-state index in [9.17, 15) is 14.3 Å². The molecule has 1 aromatic rings. The number of hydrogen-bond donors (Lipinski definition) is 1. The first-order valence-corrected chi connectivity index (χ1v) is 7.09. The fraction of sp³-hybridized carbons (Fsp3) is 0.562. The molecule has 1 N–H and O–H groups in total. The van der Waals surface area contributed by atoms with Crippen LogP contribution in [0.1, 0.15) is 52.0 Å². The van der Waals surface area contributed by atoms with Crippen molar-refractivity contribution >= 4 is 11.7 Å². The summed E-state index contributed by atoms with van der Waals surface area (Å²) in [5.41, 5.74) is 1.50. The van der Waals surface area contributed by atoms with Crippen LogP contribution in [0.15, 0.2) is 18.2 Å². The van der Waals surface area contributed by atoms with Crippen molar-refractivity contribution in [2.24, 2.45) is 0 Å². The monoisotopic (exact) mass is 279 g/mol. The van der Waals surface area contributed by atoms with Gasteiger partial charge in [-0.05, 0) is 56.4 Å². The quantitative estimate of drug-likeness (QED) is 0.915. The van der Waals surface area contributed by atoms with Crippen LogP contribution in [-0.4, -0.2) is 22.7 Å². The molecule has 110 valence electrons. The Morgan fingerprint density at radius 3 is 2.75 bits per heavy atom. The zero-order valence-electron chi connectivity index (χ0n) is 12.5. The molecule has 0 aromatic heterocycles. The minimum Gasteiger partial charge on any atom is -0.480 e. The molecular formula is C16H22FNO2. The number of aliphatic carboxylic acids is 1. The van der Waals surface area contributed by atoms with Crippen molar-refractivity contribution in [3.63, 3.8) is 0 Å². The third-order valence-electron chi connectivity index (χ3n) is 4.22. The topological polar surface area (TPSA) is 40.5 Å². The number of fused-ring (bicyclic) bond motifs is 1.